The molecule has 0 aliphatic carbocycles. The molecule has 8 heteroatoms. The number of carbonyl (C=O) groups is 1. The van der Waals surface area contributed by atoms with E-state index in [1.807, 2.05) is 0 Å². The fourth-order valence-electron chi connectivity index (χ4n) is 1.71. The van der Waals surface area contributed by atoms with Gasteiger partial charge in [-0.25, -0.2) is 9.18 Å². The van der Waals surface area contributed by atoms with Crippen LogP contribution in [0.4, 0.5) is 9.18 Å². The summed E-state index contributed by atoms with van der Waals surface area (Å²) in [7, 11) is 0. The van der Waals surface area contributed by atoms with E-state index >= 15 is 0 Å². The molecule has 0 saturated carbocycles. The van der Waals surface area contributed by atoms with E-state index in [2.05, 4.69) is 15.5 Å². The van der Waals surface area contributed by atoms with Crippen LogP contribution in [0.2, 0.25) is 5.02 Å². The van der Waals surface area contributed by atoms with Crippen LogP contribution in [-0.2, 0) is 4.74 Å². The molecule has 1 aromatic carbocycles. The Labute approximate surface area is 138 Å². The van der Waals surface area contributed by atoms with E-state index in [4.69, 9.17) is 20.9 Å². The Bertz CT molecular complexity index is 712. The summed E-state index contributed by atoms with van der Waals surface area (Å²) in [4.78, 5) is 15.9. The molecule has 1 amide bonds. The highest BCUT2D eigenvalue weighted by molar-refractivity contribution is 6.30. The monoisotopic (exact) mass is 341 g/mol. The van der Waals surface area contributed by atoms with Gasteiger partial charge in [-0.15, -0.1) is 0 Å². The van der Waals surface area contributed by atoms with Gasteiger partial charge in [-0.1, -0.05) is 16.8 Å². The molecule has 0 unspecified atom stereocenters. The molecule has 124 valence electrons. The van der Waals surface area contributed by atoms with E-state index in [0.29, 0.717) is 5.56 Å². The number of nitrogens with one attached hydrogen (secondary N) is 1. The Morgan fingerprint density at radius 2 is 2.13 bits per heavy atom. The zero-order chi connectivity index (χ0) is 17.2. The minimum Gasteiger partial charge on any atom is -0.444 e. The van der Waals surface area contributed by atoms with Gasteiger partial charge in [0.25, 0.3) is 0 Å². The Morgan fingerprint density at radius 3 is 2.74 bits per heavy atom. The van der Waals surface area contributed by atoms with E-state index in [9.17, 15) is 9.18 Å². The van der Waals surface area contributed by atoms with Gasteiger partial charge in [0.2, 0.25) is 11.7 Å². The highest BCUT2D eigenvalue weighted by Gasteiger charge is 2.21. The van der Waals surface area contributed by atoms with E-state index in [0.717, 1.165) is 0 Å². The van der Waals surface area contributed by atoms with Gasteiger partial charge >= 0.3 is 6.09 Å². The molecule has 1 heterocycles. The van der Waals surface area contributed by atoms with Gasteiger partial charge in [-0.3, -0.25) is 0 Å². The minimum atomic E-state index is -0.607. The molecule has 0 spiro atoms. The van der Waals surface area contributed by atoms with Crippen LogP contribution in [0.25, 0.3) is 11.4 Å². The van der Waals surface area contributed by atoms with E-state index in [1.54, 1.807) is 33.8 Å². The Hall–Kier alpha value is -2.15. The van der Waals surface area contributed by atoms with Crippen molar-refractivity contribution in [2.24, 2.45) is 0 Å². The number of ether oxygens (including phenoxy) is 1. The molecule has 1 aromatic heterocycles. The molecular weight excluding hydrogens is 325 g/mol. The lowest BCUT2D eigenvalue weighted by Gasteiger charge is -2.20. The Kier molecular flexibility index (Phi) is 4.89. The number of benzene rings is 1. The average molecular weight is 342 g/mol. The SMILES string of the molecule is C[C@H](NC(=O)OC(C)(C)C)c1nc(-c2ccc(Cl)c(F)c2)no1. The standard InChI is InChI=1S/C15H17ClFN3O3/c1-8(18-14(21)22-15(2,3)4)13-19-12(20-23-13)9-5-6-10(16)11(17)7-9/h5-8H,1-4H3,(H,18,21)/t8-/m0/s1. The molecule has 0 radical (unpaired) electrons. The first-order chi connectivity index (χ1) is 10.7. The van der Waals surface area contributed by atoms with Crippen LogP contribution in [0.1, 0.15) is 39.6 Å². The number of amides is 1. The van der Waals surface area contributed by atoms with Crippen molar-refractivity contribution in [2.75, 3.05) is 0 Å². The summed E-state index contributed by atoms with van der Waals surface area (Å²) in [6.07, 6.45) is -0.595. The van der Waals surface area contributed by atoms with E-state index < -0.39 is 23.6 Å². The number of alkyl carbamates (subject to hydrolysis) is 1. The van der Waals surface area contributed by atoms with Crippen LogP contribution in [0.15, 0.2) is 22.7 Å². The van der Waals surface area contributed by atoms with Crippen LogP contribution in [0, 0.1) is 5.82 Å². The maximum absolute atomic E-state index is 13.5. The predicted octanol–water partition coefficient (Wildman–Crippen LogP) is 4.11. The second-order valence-corrected chi connectivity index (χ2v) is 6.36. The summed E-state index contributed by atoms with van der Waals surface area (Å²) in [5.41, 5.74) is -0.184. The van der Waals surface area contributed by atoms with Gasteiger partial charge in [-0.05, 0) is 45.9 Å². The molecule has 2 rings (SSSR count). The largest absolute Gasteiger partial charge is 0.444 e. The zero-order valence-electron chi connectivity index (χ0n) is 13.2. The van der Waals surface area contributed by atoms with Crippen molar-refractivity contribution in [1.82, 2.24) is 15.5 Å². The van der Waals surface area contributed by atoms with Crippen LogP contribution in [-0.4, -0.2) is 21.8 Å². The second kappa shape index (κ2) is 6.54. The molecule has 1 atom stereocenters. The van der Waals surface area contributed by atoms with Crippen molar-refractivity contribution in [2.45, 2.75) is 39.3 Å². The molecule has 23 heavy (non-hydrogen) atoms. The number of nitrogens with zero attached hydrogens (tertiary/aromatic N) is 2. The van der Waals surface area contributed by atoms with Crippen molar-refractivity contribution in [3.63, 3.8) is 0 Å². The number of hydrogen-bond acceptors (Lipinski definition) is 5. The predicted molar refractivity (Wildman–Crippen MR) is 82.5 cm³/mol. The second-order valence-electron chi connectivity index (χ2n) is 5.95. The number of hydrogen-bond donors (Lipinski definition) is 1. The third-order valence-corrected chi connectivity index (χ3v) is 3.03. The third kappa shape index (κ3) is 4.66. The molecule has 6 nitrogen and oxygen atoms in total. The summed E-state index contributed by atoms with van der Waals surface area (Å²) in [6.45, 7) is 6.95. The zero-order valence-corrected chi connectivity index (χ0v) is 13.9. The summed E-state index contributed by atoms with van der Waals surface area (Å²) in [5, 5.41) is 6.37. The molecule has 0 bridgehead atoms. The lowest BCUT2D eigenvalue weighted by Crippen LogP contribution is -2.34. The van der Waals surface area contributed by atoms with Gasteiger partial charge in [0, 0.05) is 5.56 Å². The lowest BCUT2D eigenvalue weighted by atomic mass is 10.2. The molecule has 0 fully saturated rings. The van der Waals surface area contributed by atoms with Crippen molar-refractivity contribution < 1.29 is 18.4 Å². The van der Waals surface area contributed by atoms with Gasteiger partial charge in [-0.2, -0.15) is 4.98 Å². The molecule has 2 aromatic rings. The Morgan fingerprint density at radius 1 is 1.43 bits per heavy atom. The van der Waals surface area contributed by atoms with Crippen LogP contribution in [0.5, 0.6) is 0 Å². The molecular formula is C15H17ClFN3O3. The van der Waals surface area contributed by atoms with E-state index in [-0.39, 0.29) is 16.7 Å². The van der Waals surface area contributed by atoms with Crippen molar-refractivity contribution in [1.29, 1.82) is 0 Å². The summed E-state index contributed by atoms with van der Waals surface area (Å²) in [6, 6.07) is 3.64. The molecule has 0 saturated heterocycles. The fraction of sp³-hybridized carbons (Fsp3) is 0.400. The summed E-state index contributed by atoms with van der Waals surface area (Å²) in [5.74, 6) is -0.190. The lowest BCUT2D eigenvalue weighted by molar-refractivity contribution is 0.0499. The maximum atomic E-state index is 13.5. The number of aromatic nitrogens is 2. The summed E-state index contributed by atoms with van der Waals surface area (Å²) < 4.78 is 23.7. The topological polar surface area (TPSA) is 77.2 Å². The van der Waals surface area contributed by atoms with Gasteiger partial charge in [0.05, 0.1) is 5.02 Å². The van der Waals surface area contributed by atoms with Crippen LogP contribution >= 0.6 is 11.6 Å². The van der Waals surface area contributed by atoms with E-state index in [1.165, 1.54) is 12.1 Å². The van der Waals surface area contributed by atoms with Gasteiger partial charge in [0.1, 0.15) is 17.5 Å². The summed E-state index contributed by atoms with van der Waals surface area (Å²) >= 11 is 5.63. The quantitative estimate of drug-likeness (QED) is 0.908. The van der Waals surface area contributed by atoms with Crippen LogP contribution in [0.3, 0.4) is 0 Å². The normalized spacial score (nSPS) is 12.8. The number of halogens is 2. The highest BCUT2D eigenvalue weighted by Crippen LogP contribution is 2.23. The fourth-order valence-corrected chi connectivity index (χ4v) is 1.83. The maximum Gasteiger partial charge on any atom is 0.408 e. The van der Waals surface area contributed by atoms with Gasteiger partial charge in [0.15, 0.2) is 0 Å². The van der Waals surface area contributed by atoms with Gasteiger partial charge < -0.3 is 14.6 Å². The Balaban J connectivity index is 2.09. The molecule has 0 aliphatic heterocycles. The first-order valence-corrected chi connectivity index (χ1v) is 7.32. The first-order valence-electron chi connectivity index (χ1n) is 6.94. The minimum absolute atomic E-state index is 0.0115. The average Bonchev–Trinajstić information content (AvgIpc) is 2.89. The third-order valence-electron chi connectivity index (χ3n) is 2.72. The van der Waals surface area contributed by atoms with Crippen molar-refractivity contribution >= 4 is 17.7 Å². The molecule has 0 aliphatic rings. The smallest absolute Gasteiger partial charge is 0.408 e. The van der Waals surface area contributed by atoms with Crippen LogP contribution < -0.4 is 5.32 Å². The highest BCUT2D eigenvalue weighted by atomic mass is 35.5. The number of carbonyl (C=O) groups excluding carboxylic acids is 1. The number of rotatable bonds is 3. The van der Waals surface area contributed by atoms with Crippen molar-refractivity contribution in [3.8, 4) is 11.4 Å². The molecule has 1 N–H and O–H groups in total. The first kappa shape index (κ1) is 17.2. The van der Waals surface area contributed by atoms with Crippen molar-refractivity contribution in [3.05, 3.63) is 34.9 Å².